The van der Waals surface area contributed by atoms with Crippen LogP contribution in [0.2, 0.25) is 0 Å². The molecule has 0 radical (unpaired) electrons. The molecule has 0 bridgehead atoms. The molecule has 1 aliphatic carbocycles. The van der Waals surface area contributed by atoms with Crippen molar-refractivity contribution in [2.45, 2.75) is 12.6 Å². The summed E-state index contributed by atoms with van der Waals surface area (Å²) in [7, 11) is 0. The largest absolute Gasteiger partial charge is 0.416 e. The molecule has 92 valence electrons. The zero-order valence-electron chi connectivity index (χ0n) is 8.97. The molecule has 5 heteroatoms. The molecule has 17 heavy (non-hydrogen) atoms. The van der Waals surface area contributed by atoms with Crippen molar-refractivity contribution in [1.29, 1.82) is 0 Å². The van der Waals surface area contributed by atoms with Crippen molar-refractivity contribution in [2.75, 3.05) is 18.0 Å². The van der Waals surface area contributed by atoms with Crippen molar-refractivity contribution in [3.63, 3.8) is 0 Å². The number of alkyl halides is 3. The van der Waals surface area contributed by atoms with Crippen LogP contribution in [0.25, 0.3) is 0 Å². The molecule has 2 fully saturated rings. The van der Waals surface area contributed by atoms with Gasteiger partial charge >= 0.3 is 6.18 Å². The van der Waals surface area contributed by atoms with Crippen molar-refractivity contribution >= 4 is 21.6 Å². The molecule has 2 aliphatic rings. The van der Waals surface area contributed by atoms with E-state index in [0.29, 0.717) is 17.5 Å². The number of fused-ring (bicyclic) bond motifs is 1. The minimum Gasteiger partial charge on any atom is -0.370 e. The number of rotatable bonds is 1. The number of nitrogens with zero attached hydrogens (tertiary/aromatic N) is 1. The zero-order chi connectivity index (χ0) is 12.2. The molecule has 2 atom stereocenters. The smallest absolute Gasteiger partial charge is 0.370 e. The van der Waals surface area contributed by atoms with Crippen LogP contribution >= 0.6 is 15.9 Å². The van der Waals surface area contributed by atoms with E-state index < -0.39 is 11.7 Å². The standard InChI is InChI=1S/C12H11BrF3N/c13-10-2-1-9(12(14,15)16)4-11(10)17-5-7-3-8(7)6-17/h1-2,4,7-8H,3,5-6H2/t7-,8+. The predicted octanol–water partition coefficient (Wildman–Crippen LogP) is 3.92. The maximum atomic E-state index is 12.6. The summed E-state index contributed by atoms with van der Waals surface area (Å²) in [6.07, 6.45) is -3.02. The number of benzene rings is 1. The molecule has 1 saturated carbocycles. The minimum absolute atomic E-state index is 0.573. The lowest BCUT2D eigenvalue weighted by Gasteiger charge is -2.22. The van der Waals surface area contributed by atoms with Gasteiger partial charge < -0.3 is 4.90 Å². The summed E-state index contributed by atoms with van der Waals surface area (Å²) in [5, 5.41) is 0. The maximum absolute atomic E-state index is 12.6. The Balaban J connectivity index is 1.92. The highest BCUT2D eigenvalue weighted by Gasteiger charge is 2.45. The van der Waals surface area contributed by atoms with Crippen molar-refractivity contribution in [3.05, 3.63) is 28.2 Å². The maximum Gasteiger partial charge on any atom is 0.416 e. The molecule has 0 spiro atoms. The van der Waals surface area contributed by atoms with E-state index in [-0.39, 0.29) is 0 Å². The molecule has 1 heterocycles. The Labute approximate surface area is 106 Å². The number of hydrogen-bond acceptors (Lipinski definition) is 1. The Morgan fingerprint density at radius 1 is 1.18 bits per heavy atom. The van der Waals surface area contributed by atoms with E-state index in [0.717, 1.165) is 23.6 Å². The van der Waals surface area contributed by atoms with Gasteiger partial charge in [0.1, 0.15) is 0 Å². The third kappa shape index (κ3) is 2.05. The first-order valence-electron chi connectivity index (χ1n) is 5.57. The van der Waals surface area contributed by atoms with Crippen LogP contribution in [0.1, 0.15) is 12.0 Å². The number of piperidine rings is 1. The van der Waals surface area contributed by atoms with Gasteiger partial charge in [-0.1, -0.05) is 0 Å². The SMILES string of the molecule is FC(F)(F)c1ccc(Br)c(N2C[C@H]3C[C@H]3C2)c1. The van der Waals surface area contributed by atoms with Gasteiger partial charge in [0.2, 0.25) is 0 Å². The van der Waals surface area contributed by atoms with E-state index in [1.54, 1.807) is 0 Å². The minimum atomic E-state index is -4.27. The van der Waals surface area contributed by atoms with E-state index in [2.05, 4.69) is 20.8 Å². The van der Waals surface area contributed by atoms with E-state index in [1.807, 2.05) is 0 Å². The monoisotopic (exact) mass is 305 g/mol. The fourth-order valence-electron chi connectivity index (χ4n) is 2.53. The summed E-state index contributed by atoms with van der Waals surface area (Å²) in [5.74, 6) is 1.41. The highest BCUT2D eigenvalue weighted by atomic mass is 79.9. The summed E-state index contributed by atoms with van der Waals surface area (Å²) in [6.45, 7) is 1.79. The van der Waals surface area contributed by atoms with Crippen molar-refractivity contribution < 1.29 is 13.2 Å². The molecule has 1 aliphatic heterocycles. The first kappa shape index (κ1) is 11.4. The normalized spacial score (nSPS) is 27.2. The average molecular weight is 306 g/mol. The molecule has 3 rings (SSSR count). The van der Waals surface area contributed by atoms with Crippen molar-refractivity contribution in [3.8, 4) is 0 Å². The summed E-state index contributed by atoms with van der Waals surface area (Å²) in [4.78, 5) is 2.05. The van der Waals surface area contributed by atoms with Gasteiger partial charge in [0, 0.05) is 17.6 Å². The second-order valence-corrected chi connectivity index (χ2v) is 5.68. The third-order valence-electron chi connectivity index (χ3n) is 3.59. The Morgan fingerprint density at radius 2 is 1.82 bits per heavy atom. The van der Waals surface area contributed by atoms with Gasteiger partial charge in [-0.3, -0.25) is 0 Å². The predicted molar refractivity (Wildman–Crippen MR) is 63.0 cm³/mol. The highest BCUT2D eigenvalue weighted by molar-refractivity contribution is 9.10. The van der Waals surface area contributed by atoms with Gasteiger partial charge in [-0.15, -0.1) is 0 Å². The first-order valence-corrected chi connectivity index (χ1v) is 6.36. The van der Waals surface area contributed by atoms with E-state index >= 15 is 0 Å². The molecule has 0 amide bonds. The molecule has 1 aromatic rings. The van der Waals surface area contributed by atoms with Gasteiger partial charge in [0.25, 0.3) is 0 Å². The summed E-state index contributed by atoms with van der Waals surface area (Å²) in [5.41, 5.74) is 0.100. The lowest BCUT2D eigenvalue weighted by atomic mass is 10.2. The summed E-state index contributed by atoms with van der Waals surface area (Å²) < 4.78 is 38.7. The number of hydrogen-bond donors (Lipinski definition) is 0. The van der Waals surface area contributed by atoms with E-state index in [4.69, 9.17) is 0 Å². The van der Waals surface area contributed by atoms with Gasteiger partial charge in [-0.2, -0.15) is 13.2 Å². The van der Waals surface area contributed by atoms with Crippen LogP contribution in [0.15, 0.2) is 22.7 Å². The van der Waals surface area contributed by atoms with E-state index in [9.17, 15) is 13.2 Å². The fourth-order valence-corrected chi connectivity index (χ4v) is 3.02. The van der Waals surface area contributed by atoms with Crippen LogP contribution in [0.4, 0.5) is 18.9 Å². The molecular weight excluding hydrogens is 295 g/mol. The van der Waals surface area contributed by atoms with Crippen LogP contribution in [0.5, 0.6) is 0 Å². The van der Waals surface area contributed by atoms with Crippen LogP contribution in [-0.4, -0.2) is 13.1 Å². The fraction of sp³-hybridized carbons (Fsp3) is 0.500. The Kier molecular flexibility index (Phi) is 2.44. The van der Waals surface area contributed by atoms with Gasteiger partial charge in [-0.25, -0.2) is 0 Å². The van der Waals surface area contributed by atoms with Crippen LogP contribution < -0.4 is 4.90 Å². The Hall–Kier alpha value is -0.710. The Bertz CT molecular complexity index is 448. The number of halogens is 4. The molecule has 0 N–H and O–H groups in total. The molecule has 1 aromatic carbocycles. The Morgan fingerprint density at radius 3 is 2.41 bits per heavy atom. The second kappa shape index (κ2) is 3.64. The van der Waals surface area contributed by atoms with Gasteiger partial charge in [0.05, 0.1) is 11.3 Å². The average Bonchev–Trinajstić information content (AvgIpc) is 2.85. The summed E-state index contributed by atoms with van der Waals surface area (Å²) in [6, 6.07) is 3.85. The van der Waals surface area contributed by atoms with Crippen LogP contribution in [-0.2, 0) is 6.18 Å². The highest BCUT2D eigenvalue weighted by Crippen LogP contribution is 2.48. The van der Waals surface area contributed by atoms with Gasteiger partial charge in [-0.05, 0) is 52.4 Å². The molecule has 1 nitrogen and oxygen atoms in total. The van der Waals surface area contributed by atoms with Crippen molar-refractivity contribution in [2.24, 2.45) is 11.8 Å². The molecule has 0 unspecified atom stereocenters. The van der Waals surface area contributed by atoms with Crippen molar-refractivity contribution in [1.82, 2.24) is 0 Å². The quantitative estimate of drug-likeness (QED) is 0.760. The second-order valence-electron chi connectivity index (χ2n) is 4.82. The molecular formula is C12H11BrF3N. The topological polar surface area (TPSA) is 3.24 Å². The lowest BCUT2D eigenvalue weighted by Crippen LogP contribution is -2.22. The third-order valence-corrected chi connectivity index (χ3v) is 4.26. The number of anilines is 1. The lowest BCUT2D eigenvalue weighted by molar-refractivity contribution is -0.137. The van der Waals surface area contributed by atoms with Crippen LogP contribution in [0.3, 0.4) is 0 Å². The summed E-state index contributed by atoms with van der Waals surface area (Å²) >= 11 is 3.33. The first-order chi connectivity index (χ1) is 7.95. The van der Waals surface area contributed by atoms with Crippen LogP contribution in [0, 0.1) is 11.8 Å². The van der Waals surface area contributed by atoms with Gasteiger partial charge in [0.15, 0.2) is 0 Å². The van der Waals surface area contributed by atoms with E-state index in [1.165, 1.54) is 18.6 Å². The zero-order valence-corrected chi connectivity index (χ0v) is 10.6. The molecule has 0 aromatic heterocycles. The molecule has 1 saturated heterocycles.